The van der Waals surface area contributed by atoms with Crippen LogP contribution in [0.4, 0.5) is 5.69 Å². The van der Waals surface area contributed by atoms with E-state index in [1.165, 1.54) is 35.3 Å². The number of aliphatic carboxylic acids is 1. The number of carboxylic acids is 1. The summed E-state index contributed by atoms with van der Waals surface area (Å²) in [6, 6.07) is 26.9. The van der Waals surface area contributed by atoms with Gasteiger partial charge in [0.15, 0.2) is 5.03 Å². The summed E-state index contributed by atoms with van der Waals surface area (Å²) in [5.41, 5.74) is 2.15. The van der Waals surface area contributed by atoms with Crippen molar-refractivity contribution in [2.45, 2.75) is 17.5 Å². The van der Waals surface area contributed by atoms with Crippen LogP contribution >= 0.6 is 11.6 Å². The van der Waals surface area contributed by atoms with Crippen LogP contribution in [0.15, 0.2) is 115 Å². The maximum atomic E-state index is 13.3. The number of halogens is 1. The molecule has 5 rings (SSSR count). The lowest BCUT2D eigenvalue weighted by Crippen LogP contribution is -2.42. The molecule has 0 unspecified atom stereocenters. The standard InChI is InChI=1S/C32H27ClN4O6S/c1-37-19-30(34-20-37)44(41,42)36-27-16-15-23(33)18-26(27)31(38)35-28(32(39)40)17-21-11-13-22(14-12-21)25-9-5-6-10-29(25)43-24-7-3-2-4-8-24/h2-16,18-20,28,36H,17H2,1H3,(H,35,38)(H,39,40)/t28-/m0/s1. The van der Waals surface area contributed by atoms with Gasteiger partial charge in [-0.25, -0.2) is 9.78 Å². The van der Waals surface area contributed by atoms with Crippen LogP contribution in [0.1, 0.15) is 15.9 Å². The zero-order valence-electron chi connectivity index (χ0n) is 23.3. The normalized spacial score (nSPS) is 11.9. The first-order valence-electron chi connectivity index (χ1n) is 13.3. The van der Waals surface area contributed by atoms with Crippen molar-refractivity contribution in [1.29, 1.82) is 0 Å². The number of ether oxygens (including phenoxy) is 1. The molecule has 0 spiro atoms. The Balaban J connectivity index is 1.32. The van der Waals surface area contributed by atoms with Crippen molar-refractivity contribution in [3.8, 4) is 22.6 Å². The van der Waals surface area contributed by atoms with Gasteiger partial charge in [-0.1, -0.05) is 72.3 Å². The Hall–Kier alpha value is -5.13. The summed E-state index contributed by atoms with van der Waals surface area (Å²) in [6.45, 7) is 0. The first kappa shape index (κ1) is 30.3. The zero-order valence-corrected chi connectivity index (χ0v) is 24.9. The van der Waals surface area contributed by atoms with Crippen molar-refractivity contribution in [2.24, 2.45) is 7.05 Å². The number of rotatable bonds is 11. The monoisotopic (exact) mass is 630 g/mol. The van der Waals surface area contributed by atoms with Gasteiger partial charge in [0.1, 0.15) is 17.5 Å². The van der Waals surface area contributed by atoms with Crippen LogP contribution in [-0.2, 0) is 28.3 Å². The third kappa shape index (κ3) is 7.25. The number of aryl methyl sites for hydroxylation is 1. The van der Waals surface area contributed by atoms with Crippen molar-refractivity contribution >= 4 is 39.2 Å². The van der Waals surface area contributed by atoms with Gasteiger partial charge in [0.25, 0.3) is 15.9 Å². The molecule has 1 aromatic heterocycles. The highest BCUT2D eigenvalue weighted by atomic mass is 35.5. The van der Waals surface area contributed by atoms with Crippen LogP contribution in [0.3, 0.4) is 0 Å². The van der Waals surface area contributed by atoms with E-state index in [1.807, 2.05) is 66.7 Å². The second-order valence-corrected chi connectivity index (χ2v) is 11.9. The lowest BCUT2D eigenvalue weighted by molar-refractivity contribution is -0.139. The van der Waals surface area contributed by atoms with Crippen molar-refractivity contribution in [1.82, 2.24) is 14.9 Å². The van der Waals surface area contributed by atoms with E-state index in [9.17, 15) is 23.1 Å². The van der Waals surface area contributed by atoms with Crippen LogP contribution in [0.2, 0.25) is 5.02 Å². The summed E-state index contributed by atoms with van der Waals surface area (Å²) < 4.78 is 35.5. The topological polar surface area (TPSA) is 140 Å². The number of hydrogen-bond acceptors (Lipinski definition) is 6. The number of anilines is 1. The third-order valence-corrected chi connectivity index (χ3v) is 8.08. The summed E-state index contributed by atoms with van der Waals surface area (Å²) in [5, 5.41) is 12.3. The molecule has 0 radical (unpaired) electrons. The van der Waals surface area contributed by atoms with E-state index in [2.05, 4.69) is 15.0 Å². The number of hydrogen-bond donors (Lipinski definition) is 3. The highest BCUT2D eigenvalue weighted by Gasteiger charge is 2.25. The second kappa shape index (κ2) is 13.0. The Morgan fingerprint density at radius 1 is 0.977 bits per heavy atom. The van der Waals surface area contributed by atoms with E-state index >= 15 is 0 Å². The molecule has 0 saturated heterocycles. The van der Waals surface area contributed by atoms with E-state index in [4.69, 9.17) is 16.3 Å². The number of carboxylic acid groups (broad SMARTS) is 1. The predicted molar refractivity (Wildman–Crippen MR) is 166 cm³/mol. The fraction of sp³-hybridized carbons (Fsp3) is 0.0938. The quantitative estimate of drug-likeness (QED) is 0.169. The Labute approximate surface area is 259 Å². The molecule has 3 N–H and O–H groups in total. The molecule has 1 atom stereocenters. The Morgan fingerprint density at radius 3 is 2.36 bits per heavy atom. The van der Waals surface area contributed by atoms with E-state index in [0.29, 0.717) is 17.1 Å². The van der Waals surface area contributed by atoms with Gasteiger partial charge >= 0.3 is 5.97 Å². The van der Waals surface area contributed by atoms with Crippen LogP contribution in [-0.4, -0.2) is 41.0 Å². The number of carbonyl (C=O) groups is 2. The van der Waals surface area contributed by atoms with Crippen molar-refractivity contribution in [3.05, 3.63) is 126 Å². The highest BCUT2D eigenvalue weighted by Crippen LogP contribution is 2.33. The van der Waals surface area contributed by atoms with Gasteiger partial charge in [-0.15, -0.1) is 0 Å². The number of imidazole rings is 1. The molecule has 10 nitrogen and oxygen atoms in total. The summed E-state index contributed by atoms with van der Waals surface area (Å²) >= 11 is 6.10. The molecule has 0 aliphatic carbocycles. The third-order valence-electron chi connectivity index (χ3n) is 6.59. The summed E-state index contributed by atoms with van der Waals surface area (Å²) in [5.74, 6) is -0.717. The highest BCUT2D eigenvalue weighted by molar-refractivity contribution is 7.92. The SMILES string of the molecule is Cn1cnc(S(=O)(=O)Nc2ccc(Cl)cc2C(=O)N[C@@H](Cc2ccc(-c3ccccc3Oc3ccccc3)cc2)C(=O)O)c1. The maximum Gasteiger partial charge on any atom is 0.326 e. The van der Waals surface area contributed by atoms with Crippen molar-refractivity contribution in [3.63, 3.8) is 0 Å². The number of carbonyl (C=O) groups excluding carboxylic acids is 1. The minimum absolute atomic E-state index is 0.0287. The zero-order chi connectivity index (χ0) is 31.3. The molecule has 224 valence electrons. The van der Waals surface area contributed by atoms with E-state index in [0.717, 1.165) is 11.1 Å². The maximum absolute atomic E-state index is 13.3. The molecule has 0 bridgehead atoms. The van der Waals surface area contributed by atoms with Crippen LogP contribution < -0.4 is 14.8 Å². The van der Waals surface area contributed by atoms with E-state index in [1.54, 1.807) is 19.2 Å². The molecule has 0 saturated carbocycles. The molecule has 12 heteroatoms. The summed E-state index contributed by atoms with van der Waals surface area (Å²) in [6.07, 6.45) is 2.60. The second-order valence-electron chi connectivity index (χ2n) is 9.85. The van der Waals surface area contributed by atoms with E-state index < -0.39 is 27.9 Å². The number of nitrogens with zero attached hydrogens (tertiary/aromatic N) is 2. The molecular weight excluding hydrogens is 604 g/mol. The number of para-hydroxylation sites is 2. The number of benzene rings is 4. The van der Waals surface area contributed by atoms with Gasteiger partial charge in [-0.2, -0.15) is 8.42 Å². The van der Waals surface area contributed by atoms with Gasteiger partial charge in [-0.3, -0.25) is 9.52 Å². The van der Waals surface area contributed by atoms with E-state index in [-0.39, 0.29) is 27.7 Å². The predicted octanol–water partition coefficient (Wildman–Crippen LogP) is 5.76. The van der Waals surface area contributed by atoms with Gasteiger partial charge in [0.2, 0.25) is 0 Å². The molecule has 1 amide bonds. The summed E-state index contributed by atoms with van der Waals surface area (Å²) in [4.78, 5) is 29.3. The van der Waals surface area contributed by atoms with Crippen LogP contribution in [0, 0.1) is 0 Å². The number of aromatic nitrogens is 2. The number of amides is 1. The smallest absolute Gasteiger partial charge is 0.326 e. The average Bonchev–Trinajstić information content (AvgIpc) is 3.46. The molecule has 5 aromatic rings. The lowest BCUT2D eigenvalue weighted by Gasteiger charge is -2.17. The minimum Gasteiger partial charge on any atom is -0.480 e. The first-order valence-corrected chi connectivity index (χ1v) is 15.2. The summed E-state index contributed by atoms with van der Waals surface area (Å²) in [7, 11) is -2.52. The van der Waals surface area contributed by atoms with Crippen molar-refractivity contribution < 1.29 is 27.9 Å². The van der Waals surface area contributed by atoms with Crippen LogP contribution in [0.25, 0.3) is 11.1 Å². The largest absolute Gasteiger partial charge is 0.480 e. The lowest BCUT2D eigenvalue weighted by atomic mass is 9.99. The minimum atomic E-state index is -4.13. The Bertz CT molecular complexity index is 1910. The number of nitrogens with one attached hydrogen (secondary N) is 2. The number of sulfonamides is 1. The van der Waals surface area contributed by atoms with Crippen LogP contribution in [0.5, 0.6) is 11.5 Å². The fourth-order valence-electron chi connectivity index (χ4n) is 4.42. The first-order chi connectivity index (χ1) is 21.1. The molecule has 0 aliphatic heterocycles. The average molecular weight is 631 g/mol. The van der Waals surface area contributed by atoms with Gasteiger partial charge in [0.05, 0.1) is 17.6 Å². The van der Waals surface area contributed by atoms with Gasteiger partial charge in [-0.05, 0) is 47.5 Å². The molecular formula is C32H27ClN4O6S. The van der Waals surface area contributed by atoms with Gasteiger partial charge in [0, 0.05) is 30.3 Å². The molecule has 0 aliphatic rings. The Morgan fingerprint density at radius 2 is 1.68 bits per heavy atom. The Kier molecular flexibility index (Phi) is 8.98. The van der Waals surface area contributed by atoms with Gasteiger partial charge < -0.3 is 19.7 Å². The fourth-order valence-corrected chi connectivity index (χ4v) is 5.65. The molecule has 0 fully saturated rings. The molecule has 1 heterocycles. The molecule has 4 aromatic carbocycles. The van der Waals surface area contributed by atoms with Crippen molar-refractivity contribution in [2.75, 3.05) is 4.72 Å². The molecule has 44 heavy (non-hydrogen) atoms.